The van der Waals surface area contributed by atoms with Crippen molar-refractivity contribution in [1.82, 2.24) is 10.2 Å². The minimum atomic E-state index is -0.147. The lowest BCUT2D eigenvalue weighted by Crippen LogP contribution is -2.45. The summed E-state index contributed by atoms with van der Waals surface area (Å²) in [5.74, 6) is 0.407. The molecule has 1 saturated heterocycles. The van der Waals surface area contributed by atoms with Gasteiger partial charge in [-0.25, -0.2) is 0 Å². The lowest BCUT2D eigenvalue weighted by atomic mass is 10.2. The fourth-order valence-electron chi connectivity index (χ4n) is 2.14. The van der Waals surface area contributed by atoms with Gasteiger partial charge in [0.1, 0.15) is 5.75 Å². The third-order valence-electron chi connectivity index (χ3n) is 3.24. The number of amides is 1. The number of methoxy groups -OCH3 is 1. The van der Waals surface area contributed by atoms with Crippen LogP contribution in [0.5, 0.6) is 5.75 Å². The van der Waals surface area contributed by atoms with E-state index in [9.17, 15) is 4.79 Å². The Kier molecular flexibility index (Phi) is 5.39. The maximum Gasteiger partial charge on any atom is 0.255 e. The van der Waals surface area contributed by atoms with Crippen LogP contribution in [0, 0.1) is 0 Å². The van der Waals surface area contributed by atoms with Gasteiger partial charge >= 0.3 is 0 Å². The highest BCUT2D eigenvalue weighted by atomic mass is 79.9. The summed E-state index contributed by atoms with van der Waals surface area (Å²) >= 11 is 3.36. The maximum absolute atomic E-state index is 12.2. The summed E-state index contributed by atoms with van der Waals surface area (Å²) in [6.07, 6.45) is 0.0409. The number of rotatable bonds is 4. The van der Waals surface area contributed by atoms with Crippen molar-refractivity contribution >= 4 is 21.8 Å². The zero-order valence-electron chi connectivity index (χ0n) is 11.7. The third-order valence-corrected chi connectivity index (χ3v) is 3.73. The summed E-state index contributed by atoms with van der Waals surface area (Å²) in [6.45, 7) is 2.98. The quantitative estimate of drug-likeness (QED) is 0.901. The van der Waals surface area contributed by atoms with E-state index >= 15 is 0 Å². The van der Waals surface area contributed by atoms with Crippen LogP contribution < -0.4 is 10.1 Å². The van der Waals surface area contributed by atoms with Gasteiger partial charge in [-0.1, -0.05) is 15.9 Å². The Bertz CT molecular complexity index is 481. The molecule has 1 aliphatic rings. The van der Waals surface area contributed by atoms with Crippen LogP contribution in [0.1, 0.15) is 10.4 Å². The lowest BCUT2D eigenvalue weighted by Gasteiger charge is -2.30. The maximum atomic E-state index is 12.2. The van der Waals surface area contributed by atoms with E-state index in [0.29, 0.717) is 24.5 Å². The molecule has 0 bridgehead atoms. The van der Waals surface area contributed by atoms with Crippen LogP contribution in [0.4, 0.5) is 0 Å². The Hall–Kier alpha value is -1.11. The molecule has 20 heavy (non-hydrogen) atoms. The summed E-state index contributed by atoms with van der Waals surface area (Å²) in [4.78, 5) is 14.4. The Morgan fingerprint density at radius 1 is 1.60 bits per heavy atom. The van der Waals surface area contributed by atoms with Crippen LogP contribution in [0.3, 0.4) is 0 Å². The van der Waals surface area contributed by atoms with Crippen LogP contribution in [0.15, 0.2) is 22.7 Å². The Morgan fingerprint density at radius 3 is 3.10 bits per heavy atom. The highest BCUT2D eigenvalue weighted by molar-refractivity contribution is 9.10. The van der Waals surface area contributed by atoms with Gasteiger partial charge < -0.3 is 19.7 Å². The Balaban J connectivity index is 1.94. The van der Waals surface area contributed by atoms with E-state index in [1.165, 1.54) is 0 Å². The molecule has 110 valence electrons. The molecule has 0 saturated carbocycles. The molecule has 6 heteroatoms. The van der Waals surface area contributed by atoms with Crippen molar-refractivity contribution in [1.29, 1.82) is 0 Å². The first-order chi connectivity index (χ1) is 9.60. The predicted molar refractivity (Wildman–Crippen MR) is 80.3 cm³/mol. The van der Waals surface area contributed by atoms with Crippen molar-refractivity contribution in [3.63, 3.8) is 0 Å². The first-order valence-electron chi connectivity index (χ1n) is 6.52. The van der Waals surface area contributed by atoms with Crippen LogP contribution in [-0.2, 0) is 4.74 Å². The predicted octanol–water partition coefficient (Wildman–Crippen LogP) is 1.52. The molecule has 0 radical (unpaired) electrons. The average molecular weight is 343 g/mol. The zero-order chi connectivity index (χ0) is 14.5. The molecular weight excluding hydrogens is 324 g/mol. The van der Waals surface area contributed by atoms with Gasteiger partial charge in [-0.2, -0.15) is 0 Å². The van der Waals surface area contributed by atoms with E-state index in [1.54, 1.807) is 19.2 Å². The molecule has 1 unspecified atom stereocenters. The van der Waals surface area contributed by atoms with Crippen LogP contribution in [0.2, 0.25) is 0 Å². The topological polar surface area (TPSA) is 50.8 Å². The molecular formula is C14H19BrN2O3. The molecule has 0 aromatic heterocycles. The van der Waals surface area contributed by atoms with Crippen LogP contribution >= 0.6 is 15.9 Å². The summed E-state index contributed by atoms with van der Waals surface area (Å²) in [7, 11) is 3.60. The number of carbonyl (C=O) groups excluding carboxylic acids is 1. The van der Waals surface area contributed by atoms with Crippen molar-refractivity contribution in [2.45, 2.75) is 6.10 Å². The summed E-state index contributed by atoms with van der Waals surface area (Å²) in [6, 6.07) is 5.34. The molecule has 1 fully saturated rings. The van der Waals surface area contributed by atoms with Crippen LogP contribution in [-0.4, -0.2) is 57.3 Å². The average Bonchev–Trinajstić information content (AvgIpc) is 2.44. The SMILES string of the molecule is COc1cc(Br)ccc1C(=O)NCC1CN(C)CCO1. The summed E-state index contributed by atoms with van der Waals surface area (Å²) in [5, 5.41) is 2.90. The molecule has 1 heterocycles. The van der Waals surface area contributed by atoms with E-state index in [4.69, 9.17) is 9.47 Å². The monoisotopic (exact) mass is 342 g/mol. The van der Waals surface area contributed by atoms with E-state index < -0.39 is 0 Å². The summed E-state index contributed by atoms with van der Waals surface area (Å²) < 4.78 is 11.7. The number of carbonyl (C=O) groups is 1. The van der Waals surface area contributed by atoms with E-state index in [2.05, 4.69) is 33.2 Å². The smallest absolute Gasteiger partial charge is 0.255 e. The minimum Gasteiger partial charge on any atom is -0.496 e. The van der Waals surface area contributed by atoms with Gasteiger partial charge in [0.2, 0.25) is 0 Å². The molecule has 1 aliphatic heterocycles. The largest absolute Gasteiger partial charge is 0.496 e. The number of hydrogen-bond donors (Lipinski definition) is 1. The van der Waals surface area contributed by atoms with Crippen molar-refractivity contribution in [2.24, 2.45) is 0 Å². The van der Waals surface area contributed by atoms with Gasteiger partial charge in [-0.05, 0) is 25.2 Å². The lowest BCUT2D eigenvalue weighted by molar-refractivity contribution is -0.0175. The van der Waals surface area contributed by atoms with Crippen molar-refractivity contribution in [3.8, 4) is 5.75 Å². The van der Waals surface area contributed by atoms with Gasteiger partial charge in [0, 0.05) is 24.1 Å². The highest BCUT2D eigenvalue weighted by Gasteiger charge is 2.19. The molecule has 0 aliphatic carbocycles. The molecule has 1 aromatic rings. The van der Waals surface area contributed by atoms with Gasteiger partial charge in [0.25, 0.3) is 5.91 Å². The number of likely N-dealkylation sites (N-methyl/N-ethyl adjacent to an activating group) is 1. The van der Waals surface area contributed by atoms with Gasteiger partial charge in [0.05, 0.1) is 25.4 Å². The fraction of sp³-hybridized carbons (Fsp3) is 0.500. The highest BCUT2D eigenvalue weighted by Crippen LogP contribution is 2.23. The number of morpholine rings is 1. The molecule has 1 amide bonds. The van der Waals surface area contributed by atoms with Gasteiger partial charge in [-0.3, -0.25) is 4.79 Å². The van der Waals surface area contributed by atoms with Gasteiger partial charge in [-0.15, -0.1) is 0 Å². The minimum absolute atomic E-state index is 0.0409. The normalized spacial score (nSPS) is 19.6. The number of nitrogens with one attached hydrogen (secondary N) is 1. The second-order valence-corrected chi connectivity index (χ2v) is 5.73. The van der Waals surface area contributed by atoms with E-state index in [0.717, 1.165) is 17.6 Å². The second kappa shape index (κ2) is 7.06. The molecule has 1 aromatic carbocycles. The van der Waals surface area contributed by atoms with Crippen molar-refractivity contribution in [3.05, 3.63) is 28.2 Å². The number of halogens is 1. The number of hydrogen-bond acceptors (Lipinski definition) is 4. The van der Waals surface area contributed by atoms with Gasteiger partial charge in [0.15, 0.2) is 0 Å². The Morgan fingerprint density at radius 2 is 2.40 bits per heavy atom. The molecule has 1 atom stereocenters. The van der Waals surface area contributed by atoms with Crippen molar-refractivity contribution in [2.75, 3.05) is 40.4 Å². The molecule has 1 N–H and O–H groups in total. The first-order valence-corrected chi connectivity index (χ1v) is 7.31. The molecule has 0 spiro atoms. The molecule has 2 rings (SSSR count). The molecule has 5 nitrogen and oxygen atoms in total. The van der Waals surface area contributed by atoms with E-state index in [-0.39, 0.29) is 12.0 Å². The fourth-order valence-corrected chi connectivity index (χ4v) is 2.48. The zero-order valence-corrected chi connectivity index (χ0v) is 13.3. The standard InChI is InChI=1S/C14H19BrN2O3/c1-17-5-6-20-11(9-17)8-16-14(18)12-4-3-10(15)7-13(12)19-2/h3-4,7,11H,5-6,8-9H2,1-2H3,(H,16,18). The third kappa shape index (κ3) is 3.94. The van der Waals surface area contributed by atoms with E-state index in [1.807, 2.05) is 6.07 Å². The van der Waals surface area contributed by atoms with Crippen LogP contribution in [0.25, 0.3) is 0 Å². The Labute approximate surface area is 127 Å². The van der Waals surface area contributed by atoms with Crippen molar-refractivity contribution < 1.29 is 14.3 Å². The first kappa shape index (κ1) is 15.3. The number of nitrogens with zero attached hydrogens (tertiary/aromatic N) is 1. The summed E-state index contributed by atoms with van der Waals surface area (Å²) in [5.41, 5.74) is 0.528. The second-order valence-electron chi connectivity index (χ2n) is 4.81. The number of benzene rings is 1. The number of ether oxygens (including phenoxy) is 2.